The van der Waals surface area contributed by atoms with Crippen LogP contribution in [0.1, 0.15) is 0 Å². The summed E-state index contributed by atoms with van der Waals surface area (Å²) in [4.78, 5) is 9.55. The third-order valence-electron chi connectivity index (χ3n) is 1.11. The van der Waals surface area contributed by atoms with E-state index >= 15 is 0 Å². The van der Waals surface area contributed by atoms with E-state index in [4.69, 9.17) is 0 Å². The van der Waals surface area contributed by atoms with Crippen LogP contribution >= 0.6 is 64.8 Å². The highest BCUT2D eigenvalue weighted by atomic mass is 79.9. The molecule has 0 radical (unpaired) electrons. The molecule has 0 saturated heterocycles. The maximum atomic E-state index is 10.0. The predicted octanol–water partition coefficient (Wildman–Crippen LogP) is 2.95. The normalized spacial score (nSPS) is 8.12. The number of nitro groups is 1. The predicted molar refractivity (Wildman–Crippen MR) is 81.0 cm³/mol. The summed E-state index contributed by atoms with van der Waals surface area (Å²) in [5.41, 5.74) is 0.0278. The van der Waals surface area contributed by atoms with Gasteiger partial charge in [-0.25, -0.2) is 4.37 Å². The van der Waals surface area contributed by atoms with Crippen molar-refractivity contribution in [2.75, 3.05) is 0 Å². The van der Waals surface area contributed by atoms with Crippen LogP contribution in [-0.4, -0.2) is 19.1 Å². The van der Waals surface area contributed by atoms with Crippen LogP contribution in [0.15, 0.2) is 26.0 Å². The van der Waals surface area contributed by atoms with Gasteiger partial charge in [0.05, 0.1) is 8.71 Å². The van der Waals surface area contributed by atoms with E-state index in [0.717, 1.165) is 15.3 Å². The third kappa shape index (κ3) is 7.12. The van der Waals surface area contributed by atoms with Crippen molar-refractivity contribution in [3.05, 3.63) is 36.1 Å². The average Bonchev–Trinajstić information content (AvgIpc) is 2.77. The summed E-state index contributed by atoms with van der Waals surface area (Å²) in [6.07, 6.45) is 2.98. The van der Waals surface area contributed by atoms with E-state index in [1.165, 1.54) is 17.7 Å². The Bertz CT molecular complexity index is 439. The Morgan fingerprint density at radius 1 is 1.29 bits per heavy atom. The lowest BCUT2D eigenvalue weighted by Crippen LogP contribution is -1.83. The molecular formula is C6H8Br2N3O3PS2. The molecule has 0 aliphatic rings. The quantitative estimate of drug-likeness (QED) is 0.399. The van der Waals surface area contributed by atoms with Crippen LogP contribution < -0.4 is 0 Å². The van der Waals surface area contributed by atoms with Crippen molar-refractivity contribution >= 4 is 70.5 Å². The number of halogens is 2. The van der Waals surface area contributed by atoms with E-state index < -0.39 is 4.92 Å². The maximum Gasteiger partial charge on any atom is 0.314 e. The fraction of sp³-hybridized carbons (Fsp3) is 0. The summed E-state index contributed by atoms with van der Waals surface area (Å²) >= 11 is 8.72. The zero-order valence-corrected chi connectivity index (χ0v) is 14.4. The monoisotopic (exact) mass is 423 g/mol. The van der Waals surface area contributed by atoms with Crippen molar-refractivity contribution in [1.29, 1.82) is 0 Å². The van der Waals surface area contributed by atoms with Gasteiger partial charge >= 0.3 is 5.69 Å². The molecule has 2 aromatic heterocycles. The van der Waals surface area contributed by atoms with Gasteiger partial charge in [-0.15, -0.1) is 0 Å². The molecule has 0 aliphatic carbocycles. The largest absolute Gasteiger partial charge is 0.412 e. The van der Waals surface area contributed by atoms with Gasteiger partial charge in [0.1, 0.15) is 6.20 Å². The second-order valence-electron chi connectivity index (χ2n) is 2.06. The lowest BCUT2D eigenvalue weighted by Gasteiger charge is -1.80. The number of hydrogen-bond acceptors (Lipinski definition) is 6. The Labute approximate surface area is 125 Å². The van der Waals surface area contributed by atoms with E-state index in [2.05, 4.69) is 40.6 Å². The molecule has 2 N–H and O–H groups in total. The van der Waals surface area contributed by atoms with Gasteiger partial charge in [0.25, 0.3) is 0 Å². The molecule has 0 aliphatic heterocycles. The lowest BCUT2D eigenvalue weighted by molar-refractivity contribution is -0.385. The molecule has 6 nitrogen and oxygen atoms in total. The van der Waals surface area contributed by atoms with Gasteiger partial charge in [0, 0.05) is 6.20 Å². The van der Waals surface area contributed by atoms with Crippen LogP contribution in [0, 0.1) is 10.1 Å². The van der Waals surface area contributed by atoms with Crippen molar-refractivity contribution in [3.8, 4) is 0 Å². The second kappa shape index (κ2) is 9.98. The molecule has 11 heteroatoms. The van der Waals surface area contributed by atoms with Crippen LogP contribution in [0.2, 0.25) is 0 Å². The highest BCUT2D eigenvalue weighted by Gasteiger charge is 2.12. The minimum absolute atomic E-state index is 0. The second-order valence-corrected chi connectivity index (χ2v) is 6.39. The zero-order valence-electron chi connectivity index (χ0n) is 8.17. The topological polar surface area (TPSA) is 100 Å². The Hall–Kier alpha value is 0.01000. The number of nitrogens with zero attached hydrogens (tertiary/aromatic N) is 3. The average molecular weight is 425 g/mol. The molecule has 0 amide bonds. The number of aromatic nitrogens is 2. The van der Waals surface area contributed by atoms with E-state index in [1.807, 2.05) is 6.07 Å². The van der Waals surface area contributed by atoms with Crippen LogP contribution in [-0.2, 0) is 0 Å². The van der Waals surface area contributed by atoms with Gasteiger partial charge in [-0.05, 0) is 61.0 Å². The van der Waals surface area contributed by atoms with Crippen molar-refractivity contribution < 1.29 is 10.4 Å². The van der Waals surface area contributed by atoms with Crippen molar-refractivity contribution in [2.45, 2.75) is 0 Å². The molecule has 2 aromatic rings. The summed E-state index contributed by atoms with van der Waals surface area (Å²) in [5.74, 6) is 0. The Morgan fingerprint density at radius 2 is 1.94 bits per heavy atom. The summed E-state index contributed by atoms with van der Waals surface area (Å²) in [6.45, 7) is 0. The first-order chi connectivity index (χ1) is 7.11. The van der Waals surface area contributed by atoms with E-state index in [0.29, 0.717) is 3.79 Å². The minimum Gasteiger partial charge on any atom is -0.412 e. The standard InChI is InChI=1S/C3HBrN2O2S.C3H2BrNS.H2O.H3P/c4-3-2(6(7)8)1-5-9-3;4-3-1-2-5-6-3;;/h1H;1-2H;1H2;1H3. The molecule has 96 valence electrons. The minimum atomic E-state index is -0.479. The molecule has 0 bridgehead atoms. The van der Waals surface area contributed by atoms with E-state index in [1.54, 1.807) is 6.20 Å². The van der Waals surface area contributed by atoms with Gasteiger partial charge in [-0.3, -0.25) is 10.1 Å². The summed E-state index contributed by atoms with van der Waals surface area (Å²) in [6, 6.07) is 1.91. The highest BCUT2D eigenvalue weighted by Crippen LogP contribution is 2.27. The first-order valence-electron chi connectivity index (χ1n) is 3.42. The summed E-state index contributed by atoms with van der Waals surface area (Å²) in [7, 11) is 0. The smallest absolute Gasteiger partial charge is 0.314 e. The Balaban J connectivity index is 0. The molecule has 0 spiro atoms. The van der Waals surface area contributed by atoms with Gasteiger partial charge in [-0.2, -0.15) is 14.3 Å². The first-order valence-corrected chi connectivity index (χ1v) is 6.55. The summed E-state index contributed by atoms with van der Waals surface area (Å²) < 4.78 is 8.96. The molecular weight excluding hydrogens is 417 g/mol. The van der Waals surface area contributed by atoms with Gasteiger partial charge in [0.2, 0.25) is 0 Å². The fourth-order valence-electron chi connectivity index (χ4n) is 0.539. The summed E-state index contributed by atoms with van der Waals surface area (Å²) in [5, 5.41) is 10.0. The Kier molecular flexibility index (Phi) is 11.4. The molecule has 2 heterocycles. The van der Waals surface area contributed by atoms with Crippen LogP contribution in [0.3, 0.4) is 0 Å². The zero-order chi connectivity index (χ0) is 11.3. The SMILES string of the molecule is Brc1ccns1.O.O=[N+]([O-])c1cnsc1Br.P. The van der Waals surface area contributed by atoms with Crippen molar-refractivity contribution in [1.82, 2.24) is 8.75 Å². The lowest BCUT2D eigenvalue weighted by atomic mass is 10.6. The van der Waals surface area contributed by atoms with Crippen LogP contribution in [0.25, 0.3) is 0 Å². The molecule has 1 unspecified atom stereocenters. The van der Waals surface area contributed by atoms with Crippen molar-refractivity contribution in [2.24, 2.45) is 0 Å². The van der Waals surface area contributed by atoms with Crippen molar-refractivity contribution in [3.63, 3.8) is 0 Å². The highest BCUT2D eigenvalue weighted by molar-refractivity contribution is 9.11. The number of hydrogen-bond donors (Lipinski definition) is 0. The molecule has 2 rings (SSSR count). The van der Waals surface area contributed by atoms with Gasteiger partial charge < -0.3 is 5.48 Å². The molecule has 0 aromatic carbocycles. The fourth-order valence-corrected chi connectivity index (χ4v) is 2.22. The molecule has 0 saturated carbocycles. The van der Waals surface area contributed by atoms with Gasteiger partial charge in [0.15, 0.2) is 3.79 Å². The van der Waals surface area contributed by atoms with Crippen LogP contribution in [0.5, 0.6) is 0 Å². The van der Waals surface area contributed by atoms with Gasteiger partial charge in [-0.1, -0.05) is 0 Å². The third-order valence-corrected chi connectivity index (χ3v) is 3.77. The Morgan fingerprint density at radius 3 is 2.12 bits per heavy atom. The molecule has 0 fully saturated rings. The first kappa shape index (κ1) is 19.4. The van der Waals surface area contributed by atoms with E-state index in [-0.39, 0.29) is 21.1 Å². The molecule has 1 atom stereocenters. The van der Waals surface area contributed by atoms with E-state index in [9.17, 15) is 10.1 Å². The maximum absolute atomic E-state index is 10.0. The number of rotatable bonds is 1. The molecule has 17 heavy (non-hydrogen) atoms. The van der Waals surface area contributed by atoms with Crippen LogP contribution in [0.4, 0.5) is 5.69 Å².